The number of carboxylic acid groups (broad SMARTS) is 1. The van der Waals surface area contributed by atoms with E-state index in [4.69, 9.17) is 0 Å². The summed E-state index contributed by atoms with van der Waals surface area (Å²) in [7, 11) is 0. The molecule has 0 saturated heterocycles. The minimum atomic E-state index is -0.840. The van der Waals surface area contributed by atoms with Crippen LogP contribution in [0, 0.1) is 11.8 Å². The van der Waals surface area contributed by atoms with Crippen molar-refractivity contribution in [3.63, 3.8) is 0 Å². The highest BCUT2D eigenvalue weighted by molar-refractivity contribution is 5.72. The number of nitrogens with one attached hydrogen (secondary N) is 2. The predicted molar refractivity (Wildman–Crippen MR) is 116 cm³/mol. The number of rotatable bonds is 9. The third kappa shape index (κ3) is 4.53. The van der Waals surface area contributed by atoms with Crippen LogP contribution in [0.5, 0.6) is 0 Å². The quantitative estimate of drug-likeness (QED) is 0.366. The summed E-state index contributed by atoms with van der Waals surface area (Å²) < 4.78 is 0. The average molecular weight is 432 g/mol. The number of carboxylic acids is 1. The number of hydrogen-bond donors (Lipinski definition) is 3. The first-order valence-corrected chi connectivity index (χ1v) is 10.5. The van der Waals surface area contributed by atoms with Crippen LogP contribution < -0.4 is 0 Å². The van der Waals surface area contributed by atoms with Gasteiger partial charge in [0.25, 0.3) is 0 Å². The molecule has 0 fully saturated rings. The fourth-order valence-corrected chi connectivity index (χ4v) is 3.96. The van der Waals surface area contributed by atoms with Gasteiger partial charge < -0.3 is 5.11 Å². The van der Waals surface area contributed by atoms with Crippen LogP contribution in [0.25, 0.3) is 22.5 Å². The first-order valence-electron chi connectivity index (χ1n) is 10.5. The summed E-state index contributed by atoms with van der Waals surface area (Å²) >= 11 is 0. The topological polar surface area (TPSA) is 146 Å². The van der Waals surface area contributed by atoms with Crippen molar-refractivity contribution >= 4 is 5.97 Å². The van der Waals surface area contributed by atoms with Gasteiger partial charge in [-0.2, -0.15) is 5.21 Å². The fourth-order valence-electron chi connectivity index (χ4n) is 3.96. The Balaban J connectivity index is 1.55. The van der Waals surface area contributed by atoms with Crippen molar-refractivity contribution < 1.29 is 9.90 Å². The van der Waals surface area contributed by atoms with Crippen molar-refractivity contribution in [3.8, 4) is 22.5 Å². The van der Waals surface area contributed by atoms with Gasteiger partial charge in [-0.25, -0.2) is 5.10 Å². The molecule has 32 heavy (non-hydrogen) atoms. The maximum atomic E-state index is 12.1. The lowest BCUT2D eigenvalue weighted by Crippen LogP contribution is -2.30. The van der Waals surface area contributed by atoms with E-state index in [0.717, 1.165) is 28.7 Å². The maximum absolute atomic E-state index is 12.1. The standard InChI is InChI=1S/C22H24N8O2/c1-3-13(2)19(22(31)32)18(21-25-29-30-26-21)12-14-4-6-15(7-5-14)16-8-10-17(11-9-16)20-23-27-28-24-20/h4-11,13,18-19H,3,12H2,1-2H3,(H,31,32)(H,23,24,27,28)(H,25,26,29,30)/t13?,18-,19-/m0/s1. The van der Waals surface area contributed by atoms with E-state index in [2.05, 4.69) is 41.2 Å². The highest BCUT2D eigenvalue weighted by atomic mass is 16.4. The van der Waals surface area contributed by atoms with E-state index in [0.29, 0.717) is 18.1 Å². The van der Waals surface area contributed by atoms with Gasteiger partial charge >= 0.3 is 5.97 Å². The summed E-state index contributed by atoms with van der Waals surface area (Å²) in [6.07, 6.45) is 1.27. The molecule has 0 saturated carbocycles. The van der Waals surface area contributed by atoms with Crippen molar-refractivity contribution in [2.75, 3.05) is 0 Å². The third-order valence-electron chi connectivity index (χ3n) is 5.92. The van der Waals surface area contributed by atoms with Gasteiger partial charge in [0.1, 0.15) is 0 Å². The third-order valence-corrected chi connectivity index (χ3v) is 5.92. The van der Waals surface area contributed by atoms with Crippen molar-refractivity contribution in [2.45, 2.75) is 32.6 Å². The molecule has 1 unspecified atom stereocenters. The largest absolute Gasteiger partial charge is 0.481 e. The molecule has 0 spiro atoms. The van der Waals surface area contributed by atoms with Crippen LogP contribution in [-0.4, -0.2) is 52.3 Å². The molecule has 164 valence electrons. The lowest BCUT2D eigenvalue weighted by Gasteiger charge is -2.26. The van der Waals surface area contributed by atoms with Crippen molar-refractivity contribution in [1.82, 2.24) is 41.2 Å². The van der Waals surface area contributed by atoms with Crippen LogP contribution >= 0.6 is 0 Å². The number of carbonyl (C=O) groups is 1. The van der Waals surface area contributed by atoms with Crippen LogP contribution in [0.2, 0.25) is 0 Å². The Labute approximate surface area is 184 Å². The molecule has 0 radical (unpaired) electrons. The summed E-state index contributed by atoms with van der Waals surface area (Å²) in [5, 5.41) is 38.1. The van der Waals surface area contributed by atoms with Gasteiger partial charge in [0.05, 0.1) is 5.92 Å². The van der Waals surface area contributed by atoms with Gasteiger partial charge in [0, 0.05) is 11.5 Å². The summed E-state index contributed by atoms with van der Waals surface area (Å²) in [6.45, 7) is 3.94. The van der Waals surface area contributed by atoms with Gasteiger partial charge in [-0.15, -0.1) is 15.3 Å². The summed E-state index contributed by atoms with van der Waals surface area (Å²) in [6, 6.07) is 16.1. The first kappa shape index (κ1) is 21.3. The van der Waals surface area contributed by atoms with Crippen LogP contribution in [-0.2, 0) is 11.2 Å². The molecular formula is C22H24N8O2. The van der Waals surface area contributed by atoms with E-state index >= 15 is 0 Å². The molecule has 4 aromatic rings. The molecule has 2 aromatic carbocycles. The molecule has 0 bridgehead atoms. The van der Waals surface area contributed by atoms with Gasteiger partial charge in [-0.3, -0.25) is 4.79 Å². The molecule has 2 aromatic heterocycles. The molecule has 0 aliphatic carbocycles. The molecule has 3 N–H and O–H groups in total. The zero-order chi connectivity index (χ0) is 22.5. The van der Waals surface area contributed by atoms with E-state index in [-0.39, 0.29) is 11.8 Å². The highest BCUT2D eigenvalue weighted by Gasteiger charge is 2.36. The Morgan fingerprint density at radius 1 is 0.969 bits per heavy atom. The first-order chi connectivity index (χ1) is 15.6. The van der Waals surface area contributed by atoms with Gasteiger partial charge in [-0.05, 0) is 39.5 Å². The second-order valence-corrected chi connectivity index (χ2v) is 7.85. The van der Waals surface area contributed by atoms with Crippen molar-refractivity contribution in [2.24, 2.45) is 11.8 Å². The number of aromatic amines is 2. The lowest BCUT2D eigenvalue weighted by molar-refractivity contribution is -0.144. The fraction of sp³-hybridized carbons (Fsp3) is 0.318. The smallest absolute Gasteiger partial charge is 0.307 e. The Bertz CT molecular complexity index is 1130. The number of H-pyrrole nitrogens is 2. The Hall–Kier alpha value is -3.95. The number of aromatic nitrogens is 8. The Morgan fingerprint density at radius 2 is 1.62 bits per heavy atom. The molecule has 10 nitrogen and oxygen atoms in total. The normalized spacial score (nSPS) is 14.1. The molecule has 0 amide bonds. The van der Waals surface area contributed by atoms with Crippen LogP contribution in [0.3, 0.4) is 0 Å². The Morgan fingerprint density at radius 3 is 2.16 bits per heavy atom. The zero-order valence-electron chi connectivity index (χ0n) is 17.8. The van der Waals surface area contributed by atoms with Crippen LogP contribution in [0.1, 0.15) is 37.6 Å². The van der Waals surface area contributed by atoms with E-state index < -0.39 is 11.9 Å². The molecule has 0 aliphatic heterocycles. The van der Waals surface area contributed by atoms with Gasteiger partial charge in [0.2, 0.25) is 0 Å². The molecule has 4 rings (SSSR count). The molecule has 2 heterocycles. The predicted octanol–water partition coefficient (Wildman–Crippen LogP) is 3.12. The highest BCUT2D eigenvalue weighted by Crippen LogP contribution is 2.34. The summed E-state index contributed by atoms with van der Waals surface area (Å²) in [5.41, 5.74) is 4.04. The minimum Gasteiger partial charge on any atom is -0.481 e. The van der Waals surface area contributed by atoms with E-state index in [1.54, 1.807) is 0 Å². The summed E-state index contributed by atoms with van der Waals surface area (Å²) in [5.74, 6) is -0.786. The van der Waals surface area contributed by atoms with Crippen LogP contribution in [0.4, 0.5) is 0 Å². The molecular weight excluding hydrogens is 408 g/mol. The number of nitrogens with zero attached hydrogens (tertiary/aromatic N) is 6. The molecule has 0 aliphatic rings. The lowest BCUT2D eigenvalue weighted by atomic mass is 9.77. The second-order valence-electron chi connectivity index (χ2n) is 7.85. The van der Waals surface area contributed by atoms with E-state index in [1.165, 1.54) is 0 Å². The number of hydrogen-bond acceptors (Lipinski definition) is 7. The molecule has 3 atom stereocenters. The van der Waals surface area contributed by atoms with Gasteiger partial charge in [-0.1, -0.05) is 74.0 Å². The number of tetrazole rings is 2. The maximum Gasteiger partial charge on any atom is 0.307 e. The minimum absolute atomic E-state index is 0.0200. The van der Waals surface area contributed by atoms with Crippen molar-refractivity contribution in [1.29, 1.82) is 0 Å². The number of benzene rings is 2. The zero-order valence-corrected chi connectivity index (χ0v) is 17.8. The van der Waals surface area contributed by atoms with E-state index in [1.807, 2.05) is 62.4 Å². The summed E-state index contributed by atoms with van der Waals surface area (Å²) in [4.78, 5) is 12.1. The second kappa shape index (κ2) is 9.46. The number of aliphatic carboxylic acids is 1. The SMILES string of the molecule is CCC(C)[C@H](C(=O)O)[C@H](Cc1ccc(-c2ccc(-c3nnn[nH]3)cc2)cc1)c1nn[nH]n1. The van der Waals surface area contributed by atoms with Gasteiger partial charge in [0.15, 0.2) is 11.6 Å². The monoisotopic (exact) mass is 432 g/mol. The molecule has 10 heteroatoms. The Kier molecular flexibility index (Phi) is 6.29. The van der Waals surface area contributed by atoms with Crippen LogP contribution in [0.15, 0.2) is 48.5 Å². The average Bonchev–Trinajstić information content (AvgIpc) is 3.53. The van der Waals surface area contributed by atoms with E-state index in [9.17, 15) is 9.90 Å². The van der Waals surface area contributed by atoms with Crippen molar-refractivity contribution in [3.05, 3.63) is 59.9 Å².